The first kappa shape index (κ1) is 13.1. The van der Waals surface area contributed by atoms with Crippen LogP contribution in [0.15, 0.2) is 24.3 Å². The van der Waals surface area contributed by atoms with Crippen LogP contribution in [-0.4, -0.2) is 45.9 Å². The maximum absolute atomic E-state index is 12.7. The lowest BCUT2D eigenvalue weighted by molar-refractivity contribution is -0.141. The number of hydrogen-bond donors (Lipinski definition) is 2. The first-order chi connectivity index (χ1) is 8.97. The topological polar surface area (TPSA) is 87.1 Å². The van der Waals surface area contributed by atoms with E-state index in [1.54, 1.807) is 0 Å². The van der Waals surface area contributed by atoms with E-state index in [0.717, 1.165) is 4.90 Å². The maximum Gasteiger partial charge on any atom is 0.408 e. The summed E-state index contributed by atoms with van der Waals surface area (Å²) in [7, 11) is 0. The van der Waals surface area contributed by atoms with E-state index in [2.05, 4.69) is 0 Å². The van der Waals surface area contributed by atoms with Gasteiger partial charge in [-0.25, -0.2) is 14.0 Å². The molecule has 0 bridgehead atoms. The van der Waals surface area contributed by atoms with E-state index >= 15 is 0 Å². The summed E-state index contributed by atoms with van der Waals surface area (Å²) < 4.78 is 18.2. The van der Waals surface area contributed by atoms with E-state index in [-0.39, 0.29) is 13.0 Å². The second-order valence-corrected chi connectivity index (χ2v) is 4.22. The van der Waals surface area contributed by atoms with Gasteiger partial charge in [-0.2, -0.15) is 0 Å². The average molecular weight is 269 g/mol. The van der Waals surface area contributed by atoms with Crippen LogP contribution in [0.5, 0.6) is 5.75 Å². The predicted octanol–water partition coefficient (Wildman–Crippen LogP) is 1.41. The Labute approximate surface area is 108 Å². The molecule has 7 heteroatoms. The van der Waals surface area contributed by atoms with Crippen molar-refractivity contribution in [1.29, 1.82) is 0 Å². The van der Waals surface area contributed by atoms with Gasteiger partial charge in [0.2, 0.25) is 0 Å². The molecule has 1 fully saturated rings. The number of carboxylic acids is 1. The van der Waals surface area contributed by atoms with Gasteiger partial charge >= 0.3 is 12.1 Å². The number of ether oxygens (including phenoxy) is 1. The van der Waals surface area contributed by atoms with Crippen LogP contribution in [0.25, 0.3) is 0 Å². The molecule has 1 heterocycles. The molecule has 1 saturated heterocycles. The van der Waals surface area contributed by atoms with Gasteiger partial charge in [-0.15, -0.1) is 0 Å². The van der Waals surface area contributed by atoms with Crippen molar-refractivity contribution in [3.8, 4) is 5.75 Å². The fourth-order valence-electron chi connectivity index (χ4n) is 2.03. The summed E-state index contributed by atoms with van der Waals surface area (Å²) in [6, 6.07) is 4.15. The Balaban J connectivity index is 2.05. The van der Waals surface area contributed by atoms with E-state index in [1.807, 2.05) is 0 Å². The van der Waals surface area contributed by atoms with Crippen LogP contribution in [0.2, 0.25) is 0 Å². The third-order valence-electron chi connectivity index (χ3n) is 2.91. The molecular formula is C12H12FNO5. The molecule has 1 aromatic carbocycles. The van der Waals surface area contributed by atoms with Crippen molar-refractivity contribution in [2.75, 3.05) is 6.54 Å². The zero-order chi connectivity index (χ0) is 14.0. The van der Waals surface area contributed by atoms with Crippen molar-refractivity contribution in [3.63, 3.8) is 0 Å². The molecule has 2 atom stereocenters. The van der Waals surface area contributed by atoms with E-state index in [0.29, 0.717) is 5.75 Å². The Morgan fingerprint density at radius 1 is 1.26 bits per heavy atom. The number of aliphatic carboxylic acids is 1. The molecule has 1 amide bonds. The number of rotatable bonds is 3. The van der Waals surface area contributed by atoms with Crippen molar-refractivity contribution in [2.24, 2.45) is 0 Å². The van der Waals surface area contributed by atoms with Gasteiger partial charge in [0.15, 0.2) is 0 Å². The van der Waals surface area contributed by atoms with Gasteiger partial charge in [0.05, 0.1) is 6.54 Å². The van der Waals surface area contributed by atoms with Crippen LogP contribution in [0, 0.1) is 5.82 Å². The van der Waals surface area contributed by atoms with Crippen LogP contribution in [0.3, 0.4) is 0 Å². The first-order valence-corrected chi connectivity index (χ1v) is 5.62. The molecule has 0 aromatic heterocycles. The summed E-state index contributed by atoms with van der Waals surface area (Å²) >= 11 is 0. The normalized spacial score (nSPS) is 22.3. The lowest BCUT2D eigenvalue weighted by atomic mass is 10.2. The van der Waals surface area contributed by atoms with E-state index in [4.69, 9.17) is 14.9 Å². The zero-order valence-electron chi connectivity index (χ0n) is 9.82. The molecule has 1 aromatic rings. The van der Waals surface area contributed by atoms with Gasteiger partial charge in [0.25, 0.3) is 0 Å². The van der Waals surface area contributed by atoms with E-state index in [9.17, 15) is 14.0 Å². The van der Waals surface area contributed by atoms with Crippen molar-refractivity contribution in [1.82, 2.24) is 4.90 Å². The second-order valence-electron chi connectivity index (χ2n) is 4.22. The fraction of sp³-hybridized carbons (Fsp3) is 0.333. The second kappa shape index (κ2) is 5.13. The van der Waals surface area contributed by atoms with E-state index in [1.165, 1.54) is 24.3 Å². The summed E-state index contributed by atoms with van der Waals surface area (Å²) in [5.74, 6) is -1.23. The number of carbonyl (C=O) groups is 2. The quantitative estimate of drug-likeness (QED) is 0.866. The van der Waals surface area contributed by atoms with Crippen molar-refractivity contribution in [3.05, 3.63) is 30.1 Å². The molecule has 2 N–H and O–H groups in total. The molecule has 0 spiro atoms. The van der Waals surface area contributed by atoms with Crippen LogP contribution in [-0.2, 0) is 4.79 Å². The highest BCUT2D eigenvalue weighted by Gasteiger charge is 2.40. The lowest BCUT2D eigenvalue weighted by Gasteiger charge is -2.16. The molecule has 2 rings (SSSR count). The predicted molar refractivity (Wildman–Crippen MR) is 61.6 cm³/mol. The number of likely N-dealkylation sites (tertiary alicyclic amines) is 1. The maximum atomic E-state index is 12.7. The minimum Gasteiger partial charge on any atom is -0.488 e. The van der Waals surface area contributed by atoms with Crippen molar-refractivity contribution >= 4 is 12.1 Å². The summed E-state index contributed by atoms with van der Waals surface area (Å²) in [5.41, 5.74) is 0. The van der Waals surface area contributed by atoms with Gasteiger partial charge < -0.3 is 14.9 Å². The number of nitrogens with zero attached hydrogens (tertiary/aromatic N) is 1. The Morgan fingerprint density at radius 2 is 1.89 bits per heavy atom. The number of amides is 1. The first-order valence-electron chi connectivity index (χ1n) is 5.62. The third kappa shape index (κ3) is 2.93. The van der Waals surface area contributed by atoms with Gasteiger partial charge in [-0.3, -0.25) is 4.90 Å². The van der Waals surface area contributed by atoms with Crippen LogP contribution in [0.1, 0.15) is 6.42 Å². The fourth-order valence-corrected chi connectivity index (χ4v) is 2.03. The standard InChI is InChI=1S/C12H12FNO5/c13-7-1-3-8(4-2-7)19-9-5-10(11(15)16)14(6-9)12(17)18/h1-4,9-10H,5-6H2,(H,15,16)(H,17,18)/t9-,10-/m0/s1. The molecule has 0 unspecified atom stereocenters. The number of carboxylic acid groups (broad SMARTS) is 2. The van der Waals surface area contributed by atoms with Gasteiger partial charge in [-0.1, -0.05) is 0 Å². The summed E-state index contributed by atoms with van der Waals surface area (Å²) in [6.45, 7) is -0.0241. The zero-order valence-corrected chi connectivity index (χ0v) is 9.82. The molecule has 1 aliphatic heterocycles. The summed E-state index contributed by atoms with van der Waals surface area (Å²) in [4.78, 5) is 22.7. The van der Waals surface area contributed by atoms with E-state index < -0.39 is 30.0 Å². The van der Waals surface area contributed by atoms with Crippen LogP contribution >= 0.6 is 0 Å². The molecule has 6 nitrogen and oxygen atoms in total. The largest absolute Gasteiger partial charge is 0.488 e. The monoisotopic (exact) mass is 269 g/mol. The highest BCUT2D eigenvalue weighted by molar-refractivity contribution is 5.80. The lowest BCUT2D eigenvalue weighted by Crippen LogP contribution is -2.39. The van der Waals surface area contributed by atoms with Crippen LogP contribution in [0.4, 0.5) is 9.18 Å². The minimum absolute atomic E-state index is 0.0241. The minimum atomic E-state index is -1.29. The smallest absolute Gasteiger partial charge is 0.408 e. The third-order valence-corrected chi connectivity index (χ3v) is 2.91. The Morgan fingerprint density at radius 3 is 2.37 bits per heavy atom. The molecule has 19 heavy (non-hydrogen) atoms. The van der Waals surface area contributed by atoms with Crippen molar-refractivity contribution in [2.45, 2.75) is 18.6 Å². The Bertz CT molecular complexity index is 467. The Kier molecular flexibility index (Phi) is 3.55. The van der Waals surface area contributed by atoms with Crippen LogP contribution < -0.4 is 4.74 Å². The Hall–Kier alpha value is -2.31. The van der Waals surface area contributed by atoms with Gasteiger partial charge in [0.1, 0.15) is 23.7 Å². The SMILES string of the molecule is O=C(O)[C@@H]1C[C@H](Oc2ccc(F)cc2)CN1C(=O)O. The molecule has 0 saturated carbocycles. The molecule has 0 aliphatic carbocycles. The van der Waals surface area contributed by atoms with Gasteiger partial charge in [0, 0.05) is 6.42 Å². The molecule has 0 radical (unpaired) electrons. The highest BCUT2D eigenvalue weighted by atomic mass is 19.1. The molecule has 102 valence electrons. The van der Waals surface area contributed by atoms with Crippen molar-refractivity contribution < 1.29 is 28.9 Å². The highest BCUT2D eigenvalue weighted by Crippen LogP contribution is 2.23. The number of hydrogen-bond acceptors (Lipinski definition) is 3. The molecular weight excluding hydrogens is 257 g/mol. The molecule has 1 aliphatic rings. The number of benzene rings is 1. The average Bonchev–Trinajstić information content (AvgIpc) is 2.76. The number of halogens is 1. The summed E-state index contributed by atoms with van der Waals surface area (Å²) in [5, 5.41) is 17.9. The van der Waals surface area contributed by atoms with Gasteiger partial charge in [-0.05, 0) is 24.3 Å². The summed E-state index contributed by atoms with van der Waals surface area (Å²) in [6.07, 6.45) is -1.78.